The second-order valence-electron chi connectivity index (χ2n) is 2.34. The molecule has 0 heterocycles. The van der Waals surface area contributed by atoms with Crippen molar-refractivity contribution < 1.29 is 10.1 Å². The van der Waals surface area contributed by atoms with Gasteiger partial charge in [-0.15, -0.1) is 0 Å². The summed E-state index contributed by atoms with van der Waals surface area (Å²) in [5.41, 5.74) is 0. The van der Waals surface area contributed by atoms with E-state index in [0.29, 0.717) is 6.61 Å². The number of benzene rings is 1. The van der Waals surface area contributed by atoms with Gasteiger partial charge in [0.1, 0.15) is 0 Å². The van der Waals surface area contributed by atoms with Crippen molar-refractivity contribution in [3.05, 3.63) is 36.4 Å². The summed E-state index contributed by atoms with van der Waals surface area (Å²) < 4.78 is 0. The smallest absolute Gasteiger partial charge is 0.0819 e. The second-order valence-corrected chi connectivity index (χ2v) is 2.34. The first-order valence-electron chi connectivity index (χ1n) is 4.18. The summed E-state index contributed by atoms with van der Waals surface area (Å²) in [5.74, 6) is 0. The minimum Gasteiger partial charge on any atom is -0.252 e. The Balaban J connectivity index is 0.000000202. The van der Waals surface area contributed by atoms with Gasteiger partial charge in [-0.1, -0.05) is 49.7 Å². The van der Waals surface area contributed by atoms with Crippen LogP contribution < -0.4 is 0 Å². The molecule has 0 fully saturated rings. The highest BCUT2D eigenvalue weighted by molar-refractivity contribution is 4.99. The molecule has 0 spiro atoms. The molecule has 1 aromatic carbocycles. The standard InChI is InChI=1S/C6H6.C4H10O2/c1-2-4-6-5-3-1;1-2-3-4-6-5/h1-6H;5H,2-4H2,1H3. The molecule has 0 saturated carbocycles. The highest BCUT2D eigenvalue weighted by Gasteiger charge is 1.76. The van der Waals surface area contributed by atoms with Gasteiger partial charge in [0.05, 0.1) is 6.61 Å². The molecule has 0 radical (unpaired) electrons. The lowest BCUT2D eigenvalue weighted by Crippen LogP contribution is -1.84. The first-order valence-corrected chi connectivity index (χ1v) is 4.18. The fourth-order valence-corrected chi connectivity index (χ4v) is 0.594. The van der Waals surface area contributed by atoms with Crippen molar-refractivity contribution in [1.82, 2.24) is 0 Å². The Morgan fingerprint density at radius 2 is 1.42 bits per heavy atom. The maximum atomic E-state index is 7.70. The SMILES string of the molecule is CCCCOO.c1ccccc1. The van der Waals surface area contributed by atoms with Crippen molar-refractivity contribution in [3.8, 4) is 0 Å². The van der Waals surface area contributed by atoms with Crippen LogP contribution in [0, 0.1) is 0 Å². The Morgan fingerprint density at radius 1 is 1.00 bits per heavy atom. The third-order valence-corrected chi connectivity index (χ3v) is 1.26. The van der Waals surface area contributed by atoms with Gasteiger partial charge in [0.15, 0.2) is 0 Å². The second kappa shape index (κ2) is 10.1. The molecular weight excluding hydrogens is 152 g/mol. The largest absolute Gasteiger partial charge is 0.252 e. The summed E-state index contributed by atoms with van der Waals surface area (Å²) in [4.78, 5) is 3.78. The average Bonchev–Trinajstić information content (AvgIpc) is 2.18. The molecule has 0 bridgehead atoms. The molecule has 0 aromatic heterocycles. The lowest BCUT2D eigenvalue weighted by Gasteiger charge is -1.87. The molecule has 1 N–H and O–H groups in total. The quantitative estimate of drug-likeness (QED) is 0.427. The highest BCUT2D eigenvalue weighted by atomic mass is 17.1. The molecule has 0 unspecified atom stereocenters. The molecule has 2 nitrogen and oxygen atoms in total. The molecular formula is C10H16O2. The van der Waals surface area contributed by atoms with E-state index in [1.807, 2.05) is 43.3 Å². The van der Waals surface area contributed by atoms with Crippen molar-refractivity contribution in [2.24, 2.45) is 0 Å². The maximum absolute atomic E-state index is 7.70. The Kier molecular flexibility index (Phi) is 9.41. The van der Waals surface area contributed by atoms with Crippen LogP contribution in [0.5, 0.6) is 0 Å². The van der Waals surface area contributed by atoms with Gasteiger partial charge in [-0.25, -0.2) is 4.89 Å². The molecule has 12 heavy (non-hydrogen) atoms. The Hall–Kier alpha value is -0.860. The fourth-order valence-electron chi connectivity index (χ4n) is 0.594. The van der Waals surface area contributed by atoms with Crippen molar-refractivity contribution in [3.63, 3.8) is 0 Å². The average molecular weight is 168 g/mol. The van der Waals surface area contributed by atoms with E-state index in [1.165, 1.54) is 0 Å². The van der Waals surface area contributed by atoms with Crippen LogP contribution in [0.15, 0.2) is 36.4 Å². The first-order chi connectivity index (χ1) is 5.91. The van der Waals surface area contributed by atoms with Gasteiger partial charge in [-0.3, -0.25) is 5.26 Å². The predicted octanol–water partition coefficient (Wildman–Crippen LogP) is 2.96. The molecule has 1 aromatic rings. The van der Waals surface area contributed by atoms with Crippen LogP contribution >= 0.6 is 0 Å². The lowest BCUT2D eigenvalue weighted by atomic mass is 10.4. The van der Waals surface area contributed by atoms with Gasteiger partial charge in [-0.2, -0.15) is 0 Å². The third kappa shape index (κ3) is 9.14. The van der Waals surface area contributed by atoms with Crippen molar-refractivity contribution in [1.29, 1.82) is 0 Å². The van der Waals surface area contributed by atoms with Crippen LogP contribution in [0.1, 0.15) is 19.8 Å². The van der Waals surface area contributed by atoms with Gasteiger partial charge in [0, 0.05) is 0 Å². The summed E-state index contributed by atoms with van der Waals surface area (Å²) in [6.45, 7) is 2.51. The summed E-state index contributed by atoms with van der Waals surface area (Å²) in [7, 11) is 0. The fraction of sp³-hybridized carbons (Fsp3) is 0.400. The van der Waals surface area contributed by atoms with E-state index in [-0.39, 0.29) is 0 Å². The molecule has 68 valence electrons. The van der Waals surface area contributed by atoms with Gasteiger partial charge in [-0.05, 0) is 6.42 Å². The maximum Gasteiger partial charge on any atom is 0.0819 e. The van der Waals surface area contributed by atoms with Gasteiger partial charge >= 0.3 is 0 Å². The number of hydrogen-bond donors (Lipinski definition) is 1. The molecule has 0 aliphatic rings. The predicted molar refractivity (Wildman–Crippen MR) is 49.9 cm³/mol. The number of unbranched alkanes of at least 4 members (excludes halogenated alkanes) is 1. The molecule has 0 aliphatic carbocycles. The Labute approximate surface area is 73.7 Å². The molecule has 2 heteroatoms. The first kappa shape index (κ1) is 11.1. The molecule has 0 saturated heterocycles. The minimum atomic E-state index is 0.469. The Bertz CT molecular complexity index is 120. The lowest BCUT2D eigenvalue weighted by molar-refractivity contribution is -0.242. The minimum absolute atomic E-state index is 0.469. The zero-order chi connectivity index (χ0) is 9.07. The summed E-state index contributed by atoms with van der Waals surface area (Å²) in [6.07, 6.45) is 2.01. The van der Waals surface area contributed by atoms with Crippen LogP contribution in [0.2, 0.25) is 0 Å². The Morgan fingerprint density at radius 3 is 1.58 bits per heavy atom. The third-order valence-electron chi connectivity index (χ3n) is 1.26. The van der Waals surface area contributed by atoms with E-state index in [1.54, 1.807) is 0 Å². The monoisotopic (exact) mass is 168 g/mol. The zero-order valence-corrected chi connectivity index (χ0v) is 7.44. The molecule has 0 aliphatic heterocycles. The van der Waals surface area contributed by atoms with Gasteiger partial charge < -0.3 is 0 Å². The van der Waals surface area contributed by atoms with E-state index < -0.39 is 0 Å². The van der Waals surface area contributed by atoms with Crippen molar-refractivity contribution in [2.75, 3.05) is 6.61 Å². The summed E-state index contributed by atoms with van der Waals surface area (Å²) in [5, 5.41) is 7.70. The zero-order valence-electron chi connectivity index (χ0n) is 7.44. The van der Waals surface area contributed by atoms with Crippen molar-refractivity contribution in [2.45, 2.75) is 19.8 Å². The van der Waals surface area contributed by atoms with Crippen LogP contribution in [0.3, 0.4) is 0 Å². The number of rotatable bonds is 3. The molecule has 0 atom stereocenters. The van der Waals surface area contributed by atoms with Gasteiger partial charge in [0.2, 0.25) is 0 Å². The van der Waals surface area contributed by atoms with Gasteiger partial charge in [0.25, 0.3) is 0 Å². The number of hydrogen-bond acceptors (Lipinski definition) is 2. The van der Waals surface area contributed by atoms with E-state index in [2.05, 4.69) is 4.89 Å². The van der Waals surface area contributed by atoms with E-state index in [0.717, 1.165) is 12.8 Å². The summed E-state index contributed by atoms with van der Waals surface area (Å²) >= 11 is 0. The normalized spacial score (nSPS) is 8.50. The topological polar surface area (TPSA) is 29.5 Å². The molecule has 1 rings (SSSR count). The van der Waals surface area contributed by atoms with Crippen LogP contribution in [-0.2, 0) is 4.89 Å². The highest BCUT2D eigenvalue weighted by Crippen LogP contribution is 1.83. The van der Waals surface area contributed by atoms with Crippen LogP contribution in [0.25, 0.3) is 0 Å². The van der Waals surface area contributed by atoms with Crippen LogP contribution in [-0.4, -0.2) is 11.9 Å². The van der Waals surface area contributed by atoms with E-state index in [9.17, 15) is 0 Å². The molecule has 0 amide bonds. The van der Waals surface area contributed by atoms with E-state index in [4.69, 9.17) is 5.26 Å². The van der Waals surface area contributed by atoms with Crippen LogP contribution in [0.4, 0.5) is 0 Å². The van der Waals surface area contributed by atoms with Crippen molar-refractivity contribution >= 4 is 0 Å². The van der Waals surface area contributed by atoms with E-state index >= 15 is 0 Å². The summed E-state index contributed by atoms with van der Waals surface area (Å²) in [6, 6.07) is 12.0.